The Kier molecular flexibility index (Phi) is 7.37. The van der Waals surface area contributed by atoms with Crippen LogP contribution in [0.1, 0.15) is 13.3 Å². The van der Waals surface area contributed by atoms with Crippen molar-refractivity contribution >= 4 is 5.91 Å². The fourth-order valence-electron chi connectivity index (χ4n) is 1.03. The maximum absolute atomic E-state index is 11.2. The SMILES string of the molecule is COCC(C)CC(=O)NCC(O)CO. The third-order valence-corrected chi connectivity index (χ3v) is 1.73. The molecule has 2 atom stereocenters. The lowest BCUT2D eigenvalue weighted by molar-refractivity contribution is -0.122. The zero-order chi connectivity index (χ0) is 11.0. The summed E-state index contributed by atoms with van der Waals surface area (Å²) in [5.74, 6) is 0.0216. The summed E-state index contributed by atoms with van der Waals surface area (Å²) < 4.78 is 4.88. The van der Waals surface area contributed by atoms with Crippen molar-refractivity contribution in [3.05, 3.63) is 0 Å². The van der Waals surface area contributed by atoms with E-state index in [1.165, 1.54) is 0 Å². The largest absolute Gasteiger partial charge is 0.394 e. The normalized spacial score (nSPS) is 14.9. The first-order valence-corrected chi connectivity index (χ1v) is 4.64. The van der Waals surface area contributed by atoms with Crippen molar-refractivity contribution in [2.45, 2.75) is 19.4 Å². The predicted octanol–water partition coefficient (Wildman–Crippen LogP) is -0.872. The molecule has 0 rings (SSSR count). The number of nitrogens with one attached hydrogen (secondary N) is 1. The van der Waals surface area contributed by atoms with E-state index in [0.29, 0.717) is 13.0 Å². The Hall–Kier alpha value is -0.650. The molecule has 0 saturated heterocycles. The third-order valence-electron chi connectivity index (χ3n) is 1.73. The van der Waals surface area contributed by atoms with Crippen LogP contribution < -0.4 is 5.32 Å². The zero-order valence-corrected chi connectivity index (χ0v) is 8.69. The summed E-state index contributed by atoms with van der Waals surface area (Å²) >= 11 is 0. The van der Waals surface area contributed by atoms with Gasteiger partial charge in [0.15, 0.2) is 0 Å². The number of hydrogen-bond donors (Lipinski definition) is 3. The van der Waals surface area contributed by atoms with Crippen molar-refractivity contribution in [1.29, 1.82) is 0 Å². The maximum Gasteiger partial charge on any atom is 0.220 e. The second-order valence-corrected chi connectivity index (χ2v) is 3.41. The highest BCUT2D eigenvalue weighted by molar-refractivity contribution is 5.76. The molecule has 0 fully saturated rings. The van der Waals surface area contributed by atoms with Crippen LogP contribution in [0.3, 0.4) is 0 Å². The average Bonchev–Trinajstić information content (AvgIpc) is 2.14. The standard InChI is InChI=1S/C9H19NO4/c1-7(6-14-2)3-9(13)10-4-8(12)5-11/h7-8,11-12H,3-6H2,1-2H3,(H,10,13). The average molecular weight is 205 g/mol. The highest BCUT2D eigenvalue weighted by Crippen LogP contribution is 2.01. The van der Waals surface area contributed by atoms with Gasteiger partial charge in [0, 0.05) is 26.7 Å². The van der Waals surface area contributed by atoms with Gasteiger partial charge in [0.1, 0.15) is 0 Å². The van der Waals surface area contributed by atoms with Crippen LogP contribution in [-0.2, 0) is 9.53 Å². The van der Waals surface area contributed by atoms with Gasteiger partial charge in [0.25, 0.3) is 0 Å². The Morgan fingerprint density at radius 3 is 2.71 bits per heavy atom. The molecule has 0 aliphatic carbocycles. The fourth-order valence-corrected chi connectivity index (χ4v) is 1.03. The van der Waals surface area contributed by atoms with E-state index < -0.39 is 6.10 Å². The Balaban J connectivity index is 3.54. The van der Waals surface area contributed by atoms with Gasteiger partial charge in [-0.2, -0.15) is 0 Å². The summed E-state index contributed by atoms with van der Waals surface area (Å²) in [6.45, 7) is 2.20. The number of ether oxygens (including phenoxy) is 1. The van der Waals surface area contributed by atoms with Crippen LogP contribution >= 0.6 is 0 Å². The molecular weight excluding hydrogens is 186 g/mol. The molecule has 5 nitrogen and oxygen atoms in total. The van der Waals surface area contributed by atoms with Gasteiger partial charge < -0.3 is 20.3 Å². The van der Waals surface area contributed by atoms with Gasteiger partial charge in [-0.1, -0.05) is 6.92 Å². The van der Waals surface area contributed by atoms with Gasteiger partial charge >= 0.3 is 0 Å². The van der Waals surface area contributed by atoms with Crippen molar-refractivity contribution in [3.8, 4) is 0 Å². The third kappa shape index (κ3) is 6.82. The van der Waals surface area contributed by atoms with Crippen molar-refractivity contribution in [1.82, 2.24) is 5.32 Å². The second-order valence-electron chi connectivity index (χ2n) is 3.41. The molecule has 2 unspecified atom stereocenters. The summed E-state index contributed by atoms with van der Waals surface area (Å²) in [4.78, 5) is 11.2. The molecule has 0 spiro atoms. The van der Waals surface area contributed by atoms with E-state index in [4.69, 9.17) is 14.9 Å². The number of amides is 1. The Bertz CT molecular complexity index is 163. The van der Waals surface area contributed by atoms with E-state index >= 15 is 0 Å². The highest BCUT2D eigenvalue weighted by atomic mass is 16.5. The topological polar surface area (TPSA) is 78.8 Å². The van der Waals surface area contributed by atoms with Crippen LogP contribution in [0.2, 0.25) is 0 Å². The first kappa shape index (κ1) is 13.4. The van der Waals surface area contributed by atoms with Crippen molar-refractivity contribution < 1.29 is 19.7 Å². The number of carbonyl (C=O) groups is 1. The Morgan fingerprint density at radius 2 is 2.21 bits per heavy atom. The minimum absolute atomic E-state index is 0.0923. The summed E-state index contributed by atoms with van der Waals surface area (Å²) in [6.07, 6.45) is -0.511. The summed E-state index contributed by atoms with van der Waals surface area (Å²) in [5, 5.41) is 20.0. The first-order chi connectivity index (χ1) is 6.60. The van der Waals surface area contributed by atoms with Crippen LogP contribution in [0.5, 0.6) is 0 Å². The molecule has 0 aromatic carbocycles. The number of hydrogen-bond acceptors (Lipinski definition) is 4. The molecule has 14 heavy (non-hydrogen) atoms. The van der Waals surface area contributed by atoms with Crippen LogP contribution in [0.15, 0.2) is 0 Å². The van der Waals surface area contributed by atoms with Gasteiger partial charge in [-0.3, -0.25) is 4.79 Å². The van der Waals surface area contributed by atoms with Gasteiger partial charge in [0.2, 0.25) is 5.91 Å². The van der Waals surface area contributed by atoms with Crippen LogP contribution in [0.4, 0.5) is 0 Å². The van der Waals surface area contributed by atoms with Crippen LogP contribution in [0, 0.1) is 5.92 Å². The van der Waals surface area contributed by atoms with E-state index in [-0.39, 0.29) is 25.0 Å². The smallest absolute Gasteiger partial charge is 0.220 e. The van der Waals surface area contributed by atoms with E-state index in [1.807, 2.05) is 6.92 Å². The van der Waals surface area contributed by atoms with Gasteiger partial charge in [-0.25, -0.2) is 0 Å². The predicted molar refractivity (Wildman–Crippen MR) is 51.8 cm³/mol. The fraction of sp³-hybridized carbons (Fsp3) is 0.889. The van der Waals surface area contributed by atoms with Crippen LogP contribution in [0.25, 0.3) is 0 Å². The number of methoxy groups -OCH3 is 1. The van der Waals surface area contributed by atoms with Crippen LogP contribution in [-0.4, -0.2) is 49.1 Å². The Morgan fingerprint density at radius 1 is 1.57 bits per heavy atom. The molecule has 5 heteroatoms. The zero-order valence-electron chi connectivity index (χ0n) is 8.69. The number of aliphatic hydroxyl groups is 2. The maximum atomic E-state index is 11.2. The van der Waals surface area contributed by atoms with Gasteiger partial charge in [-0.05, 0) is 5.92 Å². The molecule has 3 N–H and O–H groups in total. The van der Waals surface area contributed by atoms with Crippen molar-refractivity contribution in [2.75, 3.05) is 26.9 Å². The molecule has 84 valence electrons. The number of aliphatic hydroxyl groups excluding tert-OH is 2. The second kappa shape index (κ2) is 7.73. The quantitative estimate of drug-likeness (QED) is 0.505. The molecule has 0 aromatic rings. The Labute approximate surface area is 84.1 Å². The molecule has 0 aliphatic rings. The van der Waals surface area contributed by atoms with E-state index in [9.17, 15) is 4.79 Å². The summed E-state index contributed by atoms with van der Waals surface area (Å²) in [6, 6.07) is 0. The number of rotatable bonds is 7. The van der Waals surface area contributed by atoms with E-state index in [0.717, 1.165) is 0 Å². The lowest BCUT2D eigenvalue weighted by Gasteiger charge is -2.12. The molecular formula is C9H19NO4. The van der Waals surface area contributed by atoms with Crippen molar-refractivity contribution in [3.63, 3.8) is 0 Å². The lowest BCUT2D eigenvalue weighted by Crippen LogP contribution is -2.34. The van der Waals surface area contributed by atoms with Gasteiger partial charge in [-0.15, -0.1) is 0 Å². The minimum atomic E-state index is -0.878. The number of carbonyl (C=O) groups excluding carboxylic acids is 1. The monoisotopic (exact) mass is 205 g/mol. The highest BCUT2D eigenvalue weighted by Gasteiger charge is 2.09. The molecule has 0 bridgehead atoms. The molecule has 0 aromatic heterocycles. The first-order valence-electron chi connectivity index (χ1n) is 4.64. The minimum Gasteiger partial charge on any atom is -0.394 e. The van der Waals surface area contributed by atoms with Gasteiger partial charge in [0.05, 0.1) is 12.7 Å². The molecule has 0 radical (unpaired) electrons. The van der Waals surface area contributed by atoms with Crippen molar-refractivity contribution in [2.24, 2.45) is 5.92 Å². The lowest BCUT2D eigenvalue weighted by atomic mass is 10.1. The summed E-state index contributed by atoms with van der Waals surface area (Å²) in [7, 11) is 1.59. The summed E-state index contributed by atoms with van der Waals surface area (Å²) in [5.41, 5.74) is 0. The van der Waals surface area contributed by atoms with E-state index in [1.54, 1.807) is 7.11 Å². The van der Waals surface area contributed by atoms with E-state index in [2.05, 4.69) is 5.32 Å². The molecule has 1 amide bonds. The molecule has 0 heterocycles. The molecule has 0 aliphatic heterocycles. The molecule has 0 saturated carbocycles.